The van der Waals surface area contributed by atoms with E-state index >= 15 is 0 Å². The summed E-state index contributed by atoms with van der Waals surface area (Å²) in [6, 6.07) is 7.04. The number of hydrogen-bond acceptors (Lipinski definition) is 4. The van der Waals surface area contributed by atoms with Crippen molar-refractivity contribution in [2.45, 2.75) is 51.9 Å². The Labute approximate surface area is 179 Å². The third-order valence-electron chi connectivity index (χ3n) is 6.19. The van der Waals surface area contributed by atoms with E-state index in [4.69, 9.17) is 11.6 Å². The molecule has 7 nitrogen and oxygen atoms in total. The zero-order valence-corrected chi connectivity index (χ0v) is 17.6. The lowest BCUT2D eigenvalue weighted by Gasteiger charge is -2.47. The van der Waals surface area contributed by atoms with Crippen LogP contribution in [0.5, 0.6) is 5.75 Å². The normalized spacial score (nSPS) is 23.0. The van der Waals surface area contributed by atoms with Gasteiger partial charge >= 0.3 is 0 Å². The molecule has 0 saturated carbocycles. The van der Waals surface area contributed by atoms with Crippen molar-refractivity contribution in [3.05, 3.63) is 62.5 Å². The highest BCUT2D eigenvalue weighted by molar-refractivity contribution is 6.30. The van der Waals surface area contributed by atoms with Gasteiger partial charge in [-0.15, -0.1) is 0 Å². The number of rotatable bonds is 3. The van der Waals surface area contributed by atoms with Gasteiger partial charge in [-0.05, 0) is 43.4 Å². The Kier molecular flexibility index (Phi) is 5.32. The topological polar surface area (TPSA) is 91.6 Å². The van der Waals surface area contributed by atoms with E-state index in [2.05, 4.69) is 12.2 Å². The number of nitrogens with zero attached hydrogens (tertiary/aromatic N) is 2. The van der Waals surface area contributed by atoms with E-state index in [0.717, 1.165) is 18.4 Å². The fourth-order valence-electron chi connectivity index (χ4n) is 4.48. The van der Waals surface area contributed by atoms with Crippen LogP contribution in [0.4, 0.5) is 0 Å². The summed E-state index contributed by atoms with van der Waals surface area (Å²) in [5, 5.41) is 13.8. The lowest BCUT2D eigenvalue weighted by atomic mass is 9.85. The summed E-state index contributed by atoms with van der Waals surface area (Å²) in [5.74, 6) is -1.34. The number of hydrogen-bond donors (Lipinski definition) is 2. The molecule has 2 aromatic rings. The molecule has 1 aromatic heterocycles. The van der Waals surface area contributed by atoms with Gasteiger partial charge in [0.2, 0.25) is 5.43 Å². The third kappa shape index (κ3) is 3.47. The number of pyridine rings is 1. The molecule has 2 amide bonds. The van der Waals surface area contributed by atoms with Gasteiger partial charge < -0.3 is 19.9 Å². The second kappa shape index (κ2) is 7.80. The molecule has 0 aliphatic carbocycles. The summed E-state index contributed by atoms with van der Waals surface area (Å²) in [6.07, 6.45) is 3.29. The molecule has 158 valence electrons. The quantitative estimate of drug-likeness (QED) is 0.784. The van der Waals surface area contributed by atoms with Gasteiger partial charge in [0.05, 0.1) is 6.04 Å². The molecule has 1 fully saturated rings. The zero-order valence-electron chi connectivity index (χ0n) is 16.9. The second-order valence-corrected chi connectivity index (χ2v) is 8.65. The average Bonchev–Trinajstić information content (AvgIpc) is 2.71. The van der Waals surface area contributed by atoms with E-state index in [1.807, 2.05) is 13.0 Å². The molecular weight excluding hydrogens is 406 g/mol. The van der Waals surface area contributed by atoms with Crippen molar-refractivity contribution in [3.63, 3.8) is 0 Å². The molecule has 4 rings (SSSR count). The number of benzene rings is 1. The SMILES string of the molecule is C[C@@H]1CC[C@H](C)[C@@H]2Cn3cc(C(=O)NCc4cccc(Cl)c4)c(=O)c(O)c3C(=O)N12. The van der Waals surface area contributed by atoms with Crippen LogP contribution in [0, 0.1) is 5.92 Å². The van der Waals surface area contributed by atoms with Crippen molar-refractivity contribution in [2.24, 2.45) is 5.92 Å². The van der Waals surface area contributed by atoms with Gasteiger partial charge in [0.25, 0.3) is 11.8 Å². The fraction of sp³-hybridized carbons (Fsp3) is 0.409. The van der Waals surface area contributed by atoms with Crippen LogP contribution in [0.2, 0.25) is 5.02 Å². The van der Waals surface area contributed by atoms with Gasteiger partial charge in [-0.2, -0.15) is 0 Å². The first kappa shape index (κ1) is 20.5. The molecule has 0 bridgehead atoms. The van der Waals surface area contributed by atoms with Crippen molar-refractivity contribution in [1.29, 1.82) is 0 Å². The van der Waals surface area contributed by atoms with Gasteiger partial charge in [-0.25, -0.2) is 0 Å². The molecule has 2 aliphatic heterocycles. The van der Waals surface area contributed by atoms with E-state index < -0.39 is 17.1 Å². The average molecular weight is 430 g/mol. The van der Waals surface area contributed by atoms with Crippen molar-refractivity contribution < 1.29 is 14.7 Å². The maximum absolute atomic E-state index is 13.1. The Morgan fingerprint density at radius 3 is 2.77 bits per heavy atom. The van der Waals surface area contributed by atoms with E-state index in [0.29, 0.717) is 17.5 Å². The summed E-state index contributed by atoms with van der Waals surface area (Å²) in [4.78, 5) is 40.2. The van der Waals surface area contributed by atoms with Gasteiger partial charge in [0.15, 0.2) is 11.4 Å². The van der Waals surface area contributed by atoms with Crippen LogP contribution in [0.3, 0.4) is 0 Å². The zero-order chi connectivity index (χ0) is 21.6. The molecule has 0 unspecified atom stereocenters. The highest BCUT2D eigenvalue weighted by Gasteiger charge is 2.42. The summed E-state index contributed by atoms with van der Waals surface area (Å²) >= 11 is 5.96. The Bertz CT molecular complexity index is 1080. The minimum atomic E-state index is -0.839. The van der Waals surface area contributed by atoms with E-state index in [1.54, 1.807) is 27.7 Å². The Morgan fingerprint density at radius 2 is 2.03 bits per heavy atom. The van der Waals surface area contributed by atoms with E-state index in [-0.39, 0.29) is 35.8 Å². The van der Waals surface area contributed by atoms with Gasteiger partial charge in [-0.3, -0.25) is 14.4 Å². The number of halogens is 1. The Balaban J connectivity index is 1.65. The van der Waals surface area contributed by atoms with Crippen LogP contribution < -0.4 is 10.7 Å². The third-order valence-corrected chi connectivity index (χ3v) is 6.43. The number of aromatic nitrogens is 1. The summed E-state index contributed by atoms with van der Waals surface area (Å²) < 4.78 is 1.56. The first-order valence-corrected chi connectivity index (χ1v) is 10.5. The van der Waals surface area contributed by atoms with Crippen molar-refractivity contribution in [2.75, 3.05) is 0 Å². The lowest BCUT2D eigenvalue weighted by molar-refractivity contribution is 0.0198. The second-order valence-electron chi connectivity index (χ2n) is 8.22. The Hall–Kier alpha value is -2.80. The van der Waals surface area contributed by atoms with Crippen molar-refractivity contribution >= 4 is 23.4 Å². The lowest BCUT2D eigenvalue weighted by Crippen LogP contribution is -2.57. The summed E-state index contributed by atoms with van der Waals surface area (Å²) in [7, 11) is 0. The molecular formula is C22H24ClN3O4. The van der Waals surface area contributed by atoms with Crippen LogP contribution in [0.25, 0.3) is 0 Å². The number of nitrogens with one attached hydrogen (secondary N) is 1. The summed E-state index contributed by atoms with van der Waals surface area (Å²) in [6.45, 7) is 4.71. The van der Waals surface area contributed by atoms with Crippen molar-refractivity contribution in [1.82, 2.24) is 14.8 Å². The minimum Gasteiger partial charge on any atom is -0.503 e. The molecule has 3 heterocycles. The summed E-state index contributed by atoms with van der Waals surface area (Å²) in [5.41, 5.74) is -0.275. The first-order valence-electron chi connectivity index (χ1n) is 10.1. The molecule has 30 heavy (non-hydrogen) atoms. The first-order chi connectivity index (χ1) is 14.3. The number of piperidine rings is 1. The van der Waals surface area contributed by atoms with Gasteiger partial charge in [-0.1, -0.05) is 30.7 Å². The number of fused-ring (bicyclic) bond motifs is 2. The van der Waals surface area contributed by atoms with Crippen LogP contribution in [-0.4, -0.2) is 38.5 Å². The van der Waals surface area contributed by atoms with E-state index in [1.165, 1.54) is 6.20 Å². The van der Waals surface area contributed by atoms with Gasteiger partial charge in [0, 0.05) is 30.4 Å². The largest absolute Gasteiger partial charge is 0.503 e. The van der Waals surface area contributed by atoms with Crippen LogP contribution >= 0.6 is 11.6 Å². The van der Waals surface area contributed by atoms with Crippen LogP contribution in [0.1, 0.15) is 53.1 Å². The number of aromatic hydroxyl groups is 1. The predicted molar refractivity (Wildman–Crippen MR) is 113 cm³/mol. The predicted octanol–water partition coefficient (Wildman–Crippen LogP) is 2.78. The molecule has 0 spiro atoms. The maximum atomic E-state index is 13.1. The maximum Gasteiger partial charge on any atom is 0.275 e. The fourth-order valence-corrected chi connectivity index (χ4v) is 4.70. The monoisotopic (exact) mass is 429 g/mol. The smallest absolute Gasteiger partial charge is 0.275 e. The molecule has 8 heteroatoms. The molecule has 2 aliphatic rings. The Morgan fingerprint density at radius 1 is 1.27 bits per heavy atom. The molecule has 3 atom stereocenters. The van der Waals surface area contributed by atoms with Crippen LogP contribution in [-0.2, 0) is 13.1 Å². The highest BCUT2D eigenvalue weighted by atomic mass is 35.5. The van der Waals surface area contributed by atoms with E-state index in [9.17, 15) is 19.5 Å². The molecule has 0 radical (unpaired) electrons. The standard InChI is InChI=1S/C22H24ClN3O4/c1-12-6-7-13(2)26-17(12)11-25-10-16(19(27)20(28)18(25)22(26)30)21(29)24-9-14-4-3-5-15(23)8-14/h3-5,8,10,12-13,17,28H,6-7,9,11H2,1-2H3,(H,24,29)/t12-,13+,17-/m0/s1. The number of carbonyl (C=O) groups excluding carboxylic acids is 2. The number of carbonyl (C=O) groups is 2. The van der Waals surface area contributed by atoms with Gasteiger partial charge in [0.1, 0.15) is 5.56 Å². The molecule has 2 N–H and O–H groups in total. The molecule has 1 aromatic carbocycles. The minimum absolute atomic E-state index is 0.0296. The molecule has 1 saturated heterocycles. The van der Waals surface area contributed by atoms with Crippen molar-refractivity contribution in [3.8, 4) is 5.75 Å². The highest BCUT2D eigenvalue weighted by Crippen LogP contribution is 2.35. The number of amides is 2. The van der Waals surface area contributed by atoms with Crippen LogP contribution in [0.15, 0.2) is 35.3 Å².